The normalized spacial score (nSPS) is 11.0. The molecule has 3 nitrogen and oxygen atoms in total. The van der Waals surface area contributed by atoms with Crippen molar-refractivity contribution in [3.05, 3.63) is 53.1 Å². The summed E-state index contributed by atoms with van der Waals surface area (Å²) in [7, 11) is 0. The molecule has 0 aliphatic carbocycles. The number of hydrogen-bond donors (Lipinski definition) is 1. The van der Waals surface area contributed by atoms with Gasteiger partial charge in [0.15, 0.2) is 5.75 Å². The number of aromatic hydroxyl groups is 1. The van der Waals surface area contributed by atoms with Gasteiger partial charge in [-0.1, -0.05) is 24.3 Å². The first-order chi connectivity index (χ1) is 7.75. The molecule has 3 aromatic rings. The standard InChI is InChI=1S/C13H8O3/c14-12-7-16-13(15)11-6-9-4-2-1-3-8(9)5-10(11)12/h1-7,14H. The molecule has 1 heterocycles. The highest BCUT2D eigenvalue weighted by Crippen LogP contribution is 2.26. The van der Waals surface area contributed by atoms with Gasteiger partial charge in [-0.05, 0) is 22.9 Å². The van der Waals surface area contributed by atoms with E-state index in [1.807, 2.05) is 24.3 Å². The molecule has 1 N–H and O–H groups in total. The first-order valence-corrected chi connectivity index (χ1v) is 4.89. The van der Waals surface area contributed by atoms with Crippen molar-refractivity contribution in [2.24, 2.45) is 0 Å². The molecule has 3 rings (SSSR count). The SMILES string of the molecule is O=c1occ(O)c2cc3ccccc3cc12. The van der Waals surface area contributed by atoms with Crippen LogP contribution >= 0.6 is 0 Å². The molecule has 0 saturated carbocycles. The summed E-state index contributed by atoms with van der Waals surface area (Å²) in [6.45, 7) is 0. The Kier molecular flexibility index (Phi) is 1.74. The Morgan fingerprint density at radius 1 is 1.00 bits per heavy atom. The van der Waals surface area contributed by atoms with E-state index in [2.05, 4.69) is 0 Å². The average Bonchev–Trinajstić information content (AvgIpc) is 2.32. The molecular weight excluding hydrogens is 204 g/mol. The Labute approximate surface area is 90.6 Å². The van der Waals surface area contributed by atoms with Crippen molar-refractivity contribution < 1.29 is 9.52 Å². The van der Waals surface area contributed by atoms with Crippen molar-refractivity contribution in [3.63, 3.8) is 0 Å². The van der Waals surface area contributed by atoms with Crippen molar-refractivity contribution in [3.8, 4) is 5.75 Å². The van der Waals surface area contributed by atoms with E-state index in [0.29, 0.717) is 10.8 Å². The summed E-state index contributed by atoms with van der Waals surface area (Å²) >= 11 is 0. The first kappa shape index (κ1) is 8.97. The molecular formula is C13H8O3. The van der Waals surface area contributed by atoms with Gasteiger partial charge >= 0.3 is 5.63 Å². The third-order valence-corrected chi connectivity index (χ3v) is 2.66. The quantitative estimate of drug-likeness (QED) is 0.583. The minimum Gasteiger partial charge on any atom is -0.504 e. The van der Waals surface area contributed by atoms with Gasteiger partial charge in [-0.25, -0.2) is 4.79 Å². The van der Waals surface area contributed by atoms with Gasteiger partial charge in [0, 0.05) is 5.39 Å². The molecule has 0 bridgehead atoms. The largest absolute Gasteiger partial charge is 0.504 e. The molecule has 0 radical (unpaired) electrons. The van der Waals surface area contributed by atoms with Gasteiger partial charge in [0.05, 0.1) is 5.39 Å². The van der Waals surface area contributed by atoms with Crippen LogP contribution in [-0.2, 0) is 0 Å². The van der Waals surface area contributed by atoms with Gasteiger partial charge in [-0.3, -0.25) is 0 Å². The van der Waals surface area contributed by atoms with E-state index in [4.69, 9.17) is 4.42 Å². The van der Waals surface area contributed by atoms with E-state index >= 15 is 0 Å². The van der Waals surface area contributed by atoms with E-state index in [-0.39, 0.29) is 5.75 Å². The summed E-state index contributed by atoms with van der Waals surface area (Å²) in [5.74, 6) is -0.0136. The van der Waals surface area contributed by atoms with Crippen LogP contribution in [0.5, 0.6) is 5.75 Å². The number of hydrogen-bond acceptors (Lipinski definition) is 3. The van der Waals surface area contributed by atoms with Crippen LogP contribution in [-0.4, -0.2) is 5.11 Å². The highest BCUT2D eigenvalue weighted by Gasteiger charge is 2.06. The molecule has 1 aromatic heterocycles. The Hall–Kier alpha value is -2.29. The van der Waals surface area contributed by atoms with Crippen LogP contribution in [0.3, 0.4) is 0 Å². The molecule has 0 aliphatic rings. The van der Waals surface area contributed by atoms with Gasteiger partial charge < -0.3 is 9.52 Å². The Morgan fingerprint density at radius 3 is 2.31 bits per heavy atom. The van der Waals surface area contributed by atoms with Crippen LogP contribution in [0.2, 0.25) is 0 Å². The molecule has 3 heteroatoms. The lowest BCUT2D eigenvalue weighted by Crippen LogP contribution is -1.98. The molecule has 0 saturated heterocycles. The predicted molar refractivity (Wildman–Crippen MR) is 61.7 cm³/mol. The second-order valence-electron chi connectivity index (χ2n) is 3.65. The highest BCUT2D eigenvalue weighted by molar-refractivity contribution is 5.99. The summed E-state index contributed by atoms with van der Waals surface area (Å²) in [5.41, 5.74) is -0.432. The van der Waals surface area contributed by atoms with E-state index in [1.165, 1.54) is 0 Å². The van der Waals surface area contributed by atoms with Gasteiger partial charge in [0.2, 0.25) is 0 Å². The zero-order valence-electron chi connectivity index (χ0n) is 8.31. The van der Waals surface area contributed by atoms with Crippen molar-refractivity contribution in [1.29, 1.82) is 0 Å². The molecule has 0 aliphatic heterocycles. The number of fused-ring (bicyclic) bond motifs is 2. The molecule has 0 amide bonds. The Bertz CT molecular complexity index is 741. The van der Waals surface area contributed by atoms with Gasteiger partial charge in [0.1, 0.15) is 6.26 Å². The lowest BCUT2D eigenvalue weighted by atomic mass is 10.1. The highest BCUT2D eigenvalue weighted by atomic mass is 16.4. The molecule has 16 heavy (non-hydrogen) atoms. The first-order valence-electron chi connectivity index (χ1n) is 4.89. The van der Waals surface area contributed by atoms with Crippen molar-refractivity contribution in [1.82, 2.24) is 0 Å². The van der Waals surface area contributed by atoms with Crippen molar-refractivity contribution >= 4 is 21.5 Å². The van der Waals surface area contributed by atoms with E-state index in [9.17, 15) is 9.90 Å². The molecule has 0 unspecified atom stereocenters. The van der Waals surface area contributed by atoms with Crippen molar-refractivity contribution in [2.75, 3.05) is 0 Å². The molecule has 0 spiro atoms. The summed E-state index contributed by atoms with van der Waals surface area (Å²) in [6, 6.07) is 11.2. The summed E-state index contributed by atoms with van der Waals surface area (Å²) in [5, 5.41) is 12.5. The second-order valence-corrected chi connectivity index (χ2v) is 3.65. The van der Waals surface area contributed by atoms with E-state index < -0.39 is 5.63 Å². The fourth-order valence-electron chi connectivity index (χ4n) is 1.86. The minimum atomic E-state index is -0.432. The summed E-state index contributed by atoms with van der Waals surface area (Å²) in [6.07, 6.45) is 1.07. The fraction of sp³-hybridized carbons (Fsp3) is 0. The van der Waals surface area contributed by atoms with Crippen LogP contribution < -0.4 is 5.63 Å². The van der Waals surface area contributed by atoms with Crippen LogP contribution in [0.15, 0.2) is 51.9 Å². The predicted octanol–water partition coefficient (Wildman–Crippen LogP) is 2.65. The van der Waals surface area contributed by atoms with E-state index in [1.54, 1.807) is 12.1 Å². The van der Waals surface area contributed by atoms with Crippen molar-refractivity contribution in [2.45, 2.75) is 0 Å². The van der Waals surface area contributed by atoms with Crippen LogP contribution in [0.1, 0.15) is 0 Å². The smallest absolute Gasteiger partial charge is 0.343 e. The van der Waals surface area contributed by atoms with Gasteiger partial charge in [-0.15, -0.1) is 0 Å². The third kappa shape index (κ3) is 1.18. The topological polar surface area (TPSA) is 50.4 Å². The van der Waals surface area contributed by atoms with Gasteiger partial charge in [-0.2, -0.15) is 0 Å². The lowest BCUT2D eigenvalue weighted by Gasteiger charge is -2.02. The number of rotatable bonds is 0. The van der Waals surface area contributed by atoms with Crippen LogP contribution in [0.4, 0.5) is 0 Å². The maximum absolute atomic E-state index is 11.5. The van der Waals surface area contributed by atoms with Gasteiger partial charge in [0.25, 0.3) is 0 Å². The maximum Gasteiger partial charge on any atom is 0.343 e. The average molecular weight is 212 g/mol. The maximum atomic E-state index is 11.5. The lowest BCUT2D eigenvalue weighted by molar-refractivity contribution is 0.432. The third-order valence-electron chi connectivity index (χ3n) is 2.66. The van der Waals surface area contributed by atoms with E-state index in [0.717, 1.165) is 17.0 Å². The zero-order chi connectivity index (χ0) is 11.1. The Morgan fingerprint density at radius 2 is 1.62 bits per heavy atom. The molecule has 2 aromatic carbocycles. The zero-order valence-corrected chi connectivity index (χ0v) is 8.31. The summed E-state index contributed by atoms with van der Waals surface area (Å²) in [4.78, 5) is 11.5. The molecule has 0 atom stereocenters. The fourth-order valence-corrected chi connectivity index (χ4v) is 1.86. The summed E-state index contributed by atoms with van der Waals surface area (Å²) < 4.78 is 4.71. The molecule has 0 fully saturated rings. The van der Waals surface area contributed by atoms with Crippen LogP contribution in [0, 0.1) is 0 Å². The minimum absolute atomic E-state index is 0.0136. The van der Waals surface area contributed by atoms with Crippen LogP contribution in [0.25, 0.3) is 21.5 Å². The number of benzene rings is 2. The monoisotopic (exact) mass is 212 g/mol. The molecule has 78 valence electrons. The second kappa shape index (κ2) is 3.10. The Balaban J connectivity index is 2.61.